The van der Waals surface area contributed by atoms with Gasteiger partial charge in [0.2, 0.25) is 5.91 Å². The maximum atomic E-state index is 12.1. The zero-order chi connectivity index (χ0) is 19.9. The van der Waals surface area contributed by atoms with Crippen LogP contribution in [0.4, 0.5) is 0 Å². The predicted octanol–water partition coefficient (Wildman–Crippen LogP) is 4.32. The highest BCUT2D eigenvalue weighted by Gasteiger charge is 2.18. The first-order chi connectivity index (χ1) is 13.3. The summed E-state index contributed by atoms with van der Waals surface area (Å²) < 4.78 is 1.86. The van der Waals surface area contributed by atoms with Gasteiger partial charge in [-0.3, -0.25) is 9.20 Å². The molecule has 0 aliphatic carbocycles. The van der Waals surface area contributed by atoms with Crippen LogP contribution in [0, 0.1) is 6.92 Å². The highest BCUT2D eigenvalue weighted by molar-refractivity contribution is 7.99. The number of aromatic nitrogens is 4. The van der Waals surface area contributed by atoms with Gasteiger partial charge in [-0.2, -0.15) is 0 Å². The van der Waals surface area contributed by atoms with Crippen LogP contribution >= 0.6 is 23.1 Å². The SMILES string of the molecule is Cc1ccc(-c2csc3ncn4c(SCC(=O)NC(C)(C)C)nnc4c23)cc1. The van der Waals surface area contributed by atoms with Gasteiger partial charge in [0.25, 0.3) is 0 Å². The lowest BCUT2D eigenvalue weighted by molar-refractivity contribution is -0.119. The molecule has 4 rings (SSSR count). The van der Waals surface area contributed by atoms with Crippen LogP contribution in [0.25, 0.3) is 27.0 Å². The Bertz CT molecular complexity index is 1160. The van der Waals surface area contributed by atoms with Crippen LogP contribution in [0.5, 0.6) is 0 Å². The van der Waals surface area contributed by atoms with Crippen molar-refractivity contribution in [1.29, 1.82) is 0 Å². The molecule has 0 atom stereocenters. The molecular formula is C20H21N5OS2. The predicted molar refractivity (Wildman–Crippen MR) is 115 cm³/mol. The summed E-state index contributed by atoms with van der Waals surface area (Å²) in [6.07, 6.45) is 1.73. The van der Waals surface area contributed by atoms with Gasteiger partial charge in [0.15, 0.2) is 10.8 Å². The number of amides is 1. The van der Waals surface area contributed by atoms with Gasteiger partial charge in [-0.1, -0.05) is 41.6 Å². The molecule has 4 aromatic rings. The van der Waals surface area contributed by atoms with E-state index in [9.17, 15) is 4.79 Å². The number of carbonyl (C=O) groups is 1. The maximum absolute atomic E-state index is 12.1. The maximum Gasteiger partial charge on any atom is 0.230 e. The van der Waals surface area contributed by atoms with Gasteiger partial charge in [0, 0.05) is 16.5 Å². The first-order valence-corrected chi connectivity index (χ1v) is 10.8. The van der Waals surface area contributed by atoms with Crippen molar-refractivity contribution in [3.63, 3.8) is 0 Å². The molecule has 8 heteroatoms. The second kappa shape index (κ2) is 7.18. The molecule has 0 spiro atoms. The first kappa shape index (κ1) is 18.9. The van der Waals surface area contributed by atoms with Crippen LogP contribution in [0.3, 0.4) is 0 Å². The topological polar surface area (TPSA) is 72.2 Å². The standard InChI is InChI=1S/C20H21N5OS2/c1-12-5-7-13(8-6-12)14-9-27-18-16(14)17-23-24-19(25(17)11-21-18)28-10-15(26)22-20(2,3)4/h5-9,11H,10H2,1-4H3,(H,22,26). The summed E-state index contributed by atoms with van der Waals surface area (Å²) in [5, 5.41) is 15.4. The molecule has 144 valence electrons. The Hall–Kier alpha value is -2.45. The molecule has 0 saturated carbocycles. The van der Waals surface area contributed by atoms with E-state index in [0.29, 0.717) is 5.16 Å². The molecule has 0 saturated heterocycles. The quantitative estimate of drug-likeness (QED) is 0.506. The molecule has 0 radical (unpaired) electrons. The molecule has 1 aromatic carbocycles. The molecule has 3 aromatic heterocycles. The molecule has 0 bridgehead atoms. The average molecular weight is 412 g/mol. The minimum atomic E-state index is -0.252. The number of thioether (sulfide) groups is 1. The second-order valence-corrected chi connectivity index (χ2v) is 9.50. The number of nitrogens with one attached hydrogen (secondary N) is 1. The van der Waals surface area contributed by atoms with Crippen molar-refractivity contribution in [3.8, 4) is 11.1 Å². The van der Waals surface area contributed by atoms with Crippen molar-refractivity contribution < 1.29 is 4.79 Å². The van der Waals surface area contributed by atoms with Crippen LogP contribution in [0.1, 0.15) is 26.3 Å². The van der Waals surface area contributed by atoms with E-state index in [2.05, 4.69) is 57.1 Å². The van der Waals surface area contributed by atoms with Crippen LogP contribution in [-0.2, 0) is 4.79 Å². The Labute approximate surface area is 171 Å². The molecule has 6 nitrogen and oxygen atoms in total. The van der Waals surface area contributed by atoms with Crippen LogP contribution in [-0.4, -0.2) is 36.8 Å². The molecule has 1 amide bonds. The number of nitrogens with zero attached hydrogens (tertiary/aromatic N) is 4. The van der Waals surface area contributed by atoms with Crippen LogP contribution in [0.15, 0.2) is 41.1 Å². The van der Waals surface area contributed by atoms with Gasteiger partial charge >= 0.3 is 0 Å². The molecule has 28 heavy (non-hydrogen) atoms. The zero-order valence-corrected chi connectivity index (χ0v) is 17.8. The van der Waals surface area contributed by atoms with Crippen molar-refractivity contribution in [3.05, 3.63) is 41.5 Å². The summed E-state index contributed by atoms with van der Waals surface area (Å²) in [4.78, 5) is 17.6. The Kier molecular flexibility index (Phi) is 4.84. The molecular weight excluding hydrogens is 390 g/mol. The van der Waals surface area contributed by atoms with Gasteiger partial charge in [-0.15, -0.1) is 21.5 Å². The Morgan fingerprint density at radius 1 is 1.21 bits per heavy atom. The van der Waals surface area contributed by atoms with E-state index in [4.69, 9.17) is 0 Å². The Balaban J connectivity index is 1.69. The summed E-state index contributed by atoms with van der Waals surface area (Å²) >= 11 is 2.96. The monoisotopic (exact) mass is 411 g/mol. The van der Waals surface area contributed by atoms with Crippen molar-refractivity contribution in [2.75, 3.05) is 5.75 Å². The number of fused-ring (bicyclic) bond motifs is 3. The van der Waals surface area contributed by atoms with Crippen molar-refractivity contribution in [1.82, 2.24) is 24.9 Å². The summed E-state index contributed by atoms with van der Waals surface area (Å²) in [5.74, 6) is 0.254. The number of hydrogen-bond donors (Lipinski definition) is 1. The average Bonchev–Trinajstić information content (AvgIpc) is 3.22. The molecule has 3 heterocycles. The lowest BCUT2D eigenvalue weighted by Crippen LogP contribution is -2.41. The molecule has 1 N–H and O–H groups in total. The van der Waals surface area contributed by atoms with E-state index in [1.165, 1.54) is 17.3 Å². The van der Waals surface area contributed by atoms with Crippen molar-refractivity contribution >= 4 is 44.9 Å². The normalized spacial score (nSPS) is 12.0. The highest BCUT2D eigenvalue weighted by atomic mass is 32.2. The van der Waals surface area contributed by atoms with Gasteiger partial charge < -0.3 is 5.32 Å². The van der Waals surface area contributed by atoms with E-state index < -0.39 is 0 Å². The van der Waals surface area contributed by atoms with E-state index in [1.54, 1.807) is 17.7 Å². The fraction of sp³-hybridized carbons (Fsp3) is 0.300. The number of thiophene rings is 1. The minimum absolute atomic E-state index is 0.0286. The number of carbonyl (C=O) groups excluding carboxylic acids is 1. The van der Waals surface area contributed by atoms with E-state index in [-0.39, 0.29) is 17.2 Å². The number of benzene rings is 1. The van der Waals surface area contributed by atoms with E-state index in [1.807, 2.05) is 25.2 Å². The lowest BCUT2D eigenvalue weighted by Gasteiger charge is -2.20. The summed E-state index contributed by atoms with van der Waals surface area (Å²) in [6.45, 7) is 7.97. The molecule has 0 unspecified atom stereocenters. The molecule has 0 aliphatic rings. The van der Waals surface area contributed by atoms with Crippen molar-refractivity contribution in [2.45, 2.75) is 38.4 Å². The first-order valence-electron chi connectivity index (χ1n) is 8.93. The lowest BCUT2D eigenvalue weighted by atomic mass is 10.0. The molecule has 0 fully saturated rings. The summed E-state index contributed by atoms with van der Waals surface area (Å²) in [6, 6.07) is 8.43. The second-order valence-electron chi connectivity index (χ2n) is 7.70. The van der Waals surface area contributed by atoms with Crippen LogP contribution in [0.2, 0.25) is 0 Å². The third-order valence-electron chi connectivity index (χ3n) is 4.16. The largest absolute Gasteiger partial charge is 0.351 e. The fourth-order valence-corrected chi connectivity index (χ4v) is 4.56. The smallest absolute Gasteiger partial charge is 0.230 e. The van der Waals surface area contributed by atoms with E-state index in [0.717, 1.165) is 27.0 Å². The fourth-order valence-electron chi connectivity index (χ4n) is 2.95. The van der Waals surface area contributed by atoms with Gasteiger partial charge in [0.05, 0.1) is 11.1 Å². The molecule has 0 aliphatic heterocycles. The number of hydrogen-bond acceptors (Lipinski definition) is 6. The zero-order valence-electron chi connectivity index (χ0n) is 16.2. The van der Waals surface area contributed by atoms with E-state index >= 15 is 0 Å². The third-order valence-corrected chi connectivity index (χ3v) is 5.99. The summed E-state index contributed by atoms with van der Waals surface area (Å²) in [7, 11) is 0. The van der Waals surface area contributed by atoms with Crippen LogP contribution < -0.4 is 5.32 Å². The van der Waals surface area contributed by atoms with Gasteiger partial charge in [-0.25, -0.2) is 4.98 Å². The van der Waals surface area contributed by atoms with Crippen molar-refractivity contribution in [2.24, 2.45) is 0 Å². The number of aryl methyl sites for hydroxylation is 1. The third kappa shape index (κ3) is 3.74. The Morgan fingerprint density at radius 3 is 2.68 bits per heavy atom. The Morgan fingerprint density at radius 2 is 1.96 bits per heavy atom. The number of rotatable bonds is 4. The highest BCUT2D eigenvalue weighted by Crippen LogP contribution is 2.35. The van der Waals surface area contributed by atoms with Gasteiger partial charge in [0.1, 0.15) is 11.2 Å². The van der Waals surface area contributed by atoms with Gasteiger partial charge in [-0.05, 0) is 33.3 Å². The summed E-state index contributed by atoms with van der Waals surface area (Å²) in [5.41, 5.74) is 3.97. The minimum Gasteiger partial charge on any atom is -0.351 e.